The fourth-order valence-corrected chi connectivity index (χ4v) is 2.72. The van der Waals surface area contributed by atoms with Crippen molar-refractivity contribution in [2.75, 3.05) is 25.0 Å². The van der Waals surface area contributed by atoms with E-state index >= 15 is 0 Å². The maximum Gasteiger partial charge on any atom is 0.279 e. The van der Waals surface area contributed by atoms with Gasteiger partial charge in [-0.15, -0.1) is 0 Å². The van der Waals surface area contributed by atoms with E-state index in [2.05, 4.69) is 5.32 Å². The zero-order chi connectivity index (χ0) is 14.7. The van der Waals surface area contributed by atoms with Crippen LogP contribution in [0.2, 0.25) is 5.02 Å². The average molecular weight is 302 g/mol. The molecule has 1 aromatic carbocycles. The number of nitrogens with one attached hydrogen (secondary N) is 2. The molecule has 3 atom stereocenters. The maximum absolute atomic E-state index is 13.0. The first-order valence-electron chi connectivity index (χ1n) is 6.68. The molecule has 0 spiro atoms. The van der Waals surface area contributed by atoms with Crippen molar-refractivity contribution in [3.63, 3.8) is 0 Å². The highest BCUT2D eigenvalue weighted by Crippen LogP contribution is 2.19. The number of hydrogen-bond donors (Lipinski definition) is 2. The Morgan fingerprint density at radius 1 is 1.45 bits per heavy atom. The second-order valence-corrected chi connectivity index (χ2v) is 5.68. The summed E-state index contributed by atoms with van der Waals surface area (Å²) in [6, 6.07) is 4.15. The Morgan fingerprint density at radius 3 is 2.70 bits per heavy atom. The molecule has 1 aromatic rings. The van der Waals surface area contributed by atoms with E-state index in [0.29, 0.717) is 12.2 Å². The first kappa shape index (κ1) is 15.2. The summed E-state index contributed by atoms with van der Waals surface area (Å²) in [6.45, 7) is 6.00. The molecule has 2 N–H and O–H groups in total. The normalized spacial score (nSPS) is 26.3. The summed E-state index contributed by atoms with van der Waals surface area (Å²) in [7, 11) is 0. The zero-order valence-electron chi connectivity index (χ0n) is 11.6. The van der Waals surface area contributed by atoms with Gasteiger partial charge in [0.2, 0.25) is 0 Å². The Bertz CT molecular complexity index is 488. The number of carbonyl (C=O) groups excluding carboxylic acids is 1. The lowest BCUT2D eigenvalue weighted by Gasteiger charge is -2.31. The number of anilines is 1. The second-order valence-electron chi connectivity index (χ2n) is 5.27. The minimum Gasteiger partial charge on any atom is -0.364 e. The smallest absolute Gasteiger partial charge is 0.279 e. The zero-order valence-corrected chi connectivity index (χ0v) is 12.3. The standard InChI is InChI=1S/C14H18ClFN2O2/c1-9-6-18(7-10(2)20-9)8-14(19)17-11-3-4-13(16)12(15)5-11/h3-5,9-10H,6-8H2,1-2H3,(H,17,19)/p+1/t9-,10+. The van der Waals surface area contributed by atoms with Gasteiger partial charge in [-0.25, -0.2) is 4.39 Å². The van der Waals surface area contributed by atoms with Crippen molar-refractivity contribution in [2.24, 2.45) is 0 Å². The van der Waals surface area contributed by atoms with Crippen LogP contribution in [0.4, 0.5) is 10.1 Å². The van der Waals surface area contributed by atoms with Gasteiger partial charge in [-0.3, -0.25) is 4.79 Å². The third-order valence-corrected chi connectivity index (χ3v) is 3.52. The number of morpholine rings is 1. The molecule has 1 saturated heterocycles. The van der Waals surface area contributed by atoms with Crippen molar-refractivity contribution >= 4 is 23.2 Å². The Morgan fingerprint density at radius 2 is 2.10 bits per heavy atom. The van der Waals surface area contributed by atoms with E-state index < -0.39 is 5.82 Å². The quantitative estimate of drug-likeness (QED) is 0.878. The molecule has 1 unspecified atom stereocenters. The van der Waals surface area contributed by atoms with Crippen LogP contribution >= 0.6 is 11.6 Å². The molecular formula is C14H19ClFN2O2+. The number of rotatable bonds is 3. The highest BCUT2D eigenvalue weighted by molar-refractivity contribution is 6.31. The lowest BCUT2D eigenvalue weighted by molar-refractivity contribution is -0.907. The van der Waals surface area contributed by atoms with E-state index in [-0.39, 0.29) is 23.1 Å². The molecule has 2 rings (SSSR count). The van der Waals surface area contributed by atoms with Crippen LogP contribution in [0, 0.1) is 5.82 Å². The molecule has 1 heterocycles. The largest absolute Gasteiger partial charge is 0.364 e. The third-order valence-electron chi connectivity index (χ3n) is 3.23. The van der Waals surface area contributed by atoms with Crippen molar-refractivity contribution in [1.29, 1.82) is 0 Å². The lowest BCUT2D eigenvalue weighted by Crippen LogP contribution is -3.16. The monoisotopic (exact) mass is 301 g/mol. The van der Waals surface area contributed by atoms with Crippen molar-refractivity contribution in [2.45, 2.75) is 26.1 Å². The summed E-state index contributed by atoms with van der Waals surface area (Å²) in [5, 5.41) is 2.74. The van der Waals surface area contributed by atoms with Gasteiger partial charge in [0.25, 0.3) is 5.91 Å². The van der Waals surface area contributed by atoms with Crippen molar-refractivity contribution in [3.05, 3.63) is 29.0 Å². The fraction of sp³-hybridized carbons (Fsp3) is 0.500. The maximum atomic E-state index is 13.0. The molecule has 110 valence electrons. The van der Waals surface area contributed by atoms with Gasteiger partial charge in [-0.1, -0.05) is 11.6 Å². The van der Waals surface area contributed by atoms with E-state index in [9.17, 15) is 9.18 Å². The highest BCUT2D eigenvalue weighted by Gasteiger charge is 2.27. The Hall–Kier alpha value is -1.17. The molecule has 0 saturated carbocycles. The molecule has 0 aliphatic carbocycles. The first-order chi connectivity index (χ1) is 9.44. The fourth-order valence-electron chi connectivity index (χ4n) is 2.54. The number of hydrogen-bond acceptors (Lipinski definition) is 2. The van der Waals surface area contributed by atoms with E-state index in [1.54, 1.807) is 0 Å². The Labute approximate surface area is 122 Å². The molecule has 4 nitrogen and oxygen atoms in total. The minimum absolute atomic E-state index is 0.00349. The number of amides is 1. The molecule has 6 heteroatoms. The summed E-state index contributed by atoms with van der Waals surface area (Å²) in [5.41, 5.74) is 0.509. The van der Waals surface area contributed by atoms with E-state index in [1.165, 1.54) is 23.1 Å². The number of quaternary nitrogens is 1. The van der Waals surface area contributed by atoms with Crippen LogP contribution in [0.15, 0.2) is 18.2 Å². The molecule has 0 aromatic heterocycles. The van der Waals surface area contributed by atoms with Gasteiger partial charge >= 0.3 is 0 Å². The molecular weight excluding hydrogens is 283 g/mol. The predicted molar refractivity (Wildman–Crippen MR) is 75.6 cm³/mol. The van der Waals surface area contributed by atoms with Gasteiger partial charge in [0, 0.05) is 5.69 Å². The topological polar surface area (TPSA) is 42.8 Å². The van der Waals surface area contributed by atoms with Gasteiger partial charge in [0.15, 0.2) is 6.54 Å². The van der Waals surface area contributed by atoms with Crippen LogP contribution in [0.25, 0.3) is 0 Å². The van der Waals surface area contributed by atoms with Crippen LogP contribution in [-0.4, -0.2) is 37.7 Å². The molecule has 20 heavy (non-hydrogen) atoms. The van der Waals surface area contributed by atoms with Crippen LogP contribution in [0.1, 0.15) is 13.8 Å². The van der Waals surface area contributed by atoms with Gasteiger partial charge in [-0.2, -0.15) is 0 Å². The second kappa shape index (κ2) is 6.52. The molecule has 0 radical (unpaired) electrons. The SMILES string of the molecule is C[C@@H]1C[NH+](CC(=O)Nc2ccc(F)c(Cl)c2)C[C@H](C)O1. The van der Waals surface area contributed by atoms with Crippen molar-refractivity contribution in [3.8, 4) is 0 Å². The lowest BCUT2D eigenvalue weighted by atomic mass is 10.2. The average Bonchev–Trinajstić information content (AvgIpc) is 2.32. The number of benzene rings is 1. The third kappa shape index (κ3) is 4.16. The van der Waals surface area contributed by atoms with Gasteiger partial charge < -0.3 is 15.0 Å². The van der Waals surface area contributed by atoms with Crippen LogP contribution in [0.5, 0.6) is 0 Å². The van der Waals surface area contributed by atoms with Gasteiger partial charge in [0.05, 0.1) is 5.02 Å². The molecule has 0 bridgehead atoms. The van der Waals surface area contributed by atoms with E-state index in [0.717, 1.165) is 13.1 Å². The van der Waals surface area contributed by atoms with Gasteiger partial charge in [-0.05, 0) is 32.0 Å². The summed E-state index contributed by atoms with van der Waals surface area (Å²) in [4.78, 5) is 13.2. The number of carbonyl (C=O) groups is 1. The van der Waals surface area contributed by atoms with Crippen molar-refractivity contribution in [1.82, 2.24) is 0 Å². The van der Waals surface area contributed by atoms with Crippen LogP contribution < -0.4 is 10.2 Å². The molecule has 1 amide bonds. The Kier molecular flexibility index (Phi) is 4.96. The summed E-state index contributed by atoms with van der Waals surface area (Å²) in [6.07, 6.45) is 0.309. The molecule has 1 aliphatic rings. The predicted octanol–water partition coefficient (Wildman–Crippen LogP) is 1.11. The minimum atomic E-state index is -0.494. The van der Waals surface area contributed by atoms with Crippen molar-refractivity contribution < 1.29 is 18.8 Å². The molecule has 1 fully saturated rings. The highest BCUT2D eigenvalue weighted by atomic mass is 35.5. The summed E-state index contributed by atoms with van der Waals surface area (Å²) < 4.78 is 18.7. The Balaban J connectivity index is 1.90. The summed E-state index contributed by atoms with van der Waals surface area (Å²) >= 11 is 5.68. The van der Waals surface area contributed by atoms with Crippen LogP contribution in [-0.2, 0) is 9.53 Å². The van der Waals surface area contributed by atoms with Crippen LogP contribution in [0.3, 0.4) is 0 Å². The summed E-state index contributed by atoms with van der Waals surface area (Å²) in [5.74, 6) is -0.602. The first-order valence-corrected chi connectivity index (χ1v) is 7.05. The number of ether oxygens (including phenoxy) is 1. The van der Waals surface area contributed by atoms with E-state index in [1.807, 2.05) is 13.8 Å². The number of halogens is 2. The van der Waals surface area contributed by atoms with Gasteiger partial charge in [0.1, 0.15) is 31.1 Å². The van der Waals surface area contributed by atoms with E-state index in [4.69, 9.17) is 16.3 Å². The molecule has 1 aliphatic heterocycles.